The molecule has 0 aliphatic carbocycles. The van der Waals surface area contributed by atoms with Crippen molar-refractivity contribution < 1.29 is 14.3 Å². The number of amides is 1. The summed E-state index contributed by atoms with van der Waals surface area (Å²) in [5, 5.41) is 8.57. The van der Waals surface area contributed by atoms with E-state index in [2.05, 4.69) is 29.2 Å². The first-order valence-corrected chi connectivity index (χ1v) is 9.52. The van der Waals surface area contributed by atoms with Crippen LogP contribution < -0.4 is 14.8 Å². The summed E-state index contributed by atoms with van der Waals surface area (Å²) in [5.74, 6) is 1.17. The van der Waals surface area contributed by atoms with Crippen molar-refractivity contribution in [2.45, 2.75) is 46.7 Å². The first kappa shape index (κ1) is 19.8. The quantitative estimate of drug-likeness (QED) is 0.647. The first-order valence-electron chi connectivity index (χ1n) is 9.52. The number of benzene rings is 1. The maximum absolute atomic E-state index is 13.0. The summed E-state index contributed by atoms with van der Waals surface area (Å²) in [7, 11) is 3.20. The minimum absolute atomic E-state index is 0.101. The molecule has 3 aromatic rings. The molecule has 0 spiro atoms. The van der Waals surface area contributed by atoms with E-state index in [-0.39, 0.29) is 11.9 Å². The van der Waals surface area contributed by atoms with Crippen molar-refractivity contribution in [3.8, 4) is 11.5 Å². The highest BCUT2D eigenvalue weighted by atomic mass is 16.5. The molecule has 2 aromatic heterocycles. The number of nitrogens with one attached hydrogen (secondary N) is 2. The number of aromatic amines is 1. The minimum Gasteiger partial charge on any atom is -0.497 e. The van der Waals surface area contributed by atoms with Crippen LogP contribution in [-0.4, -0.2) is 34.9 Å². The molecule has 0 saturated heterocycles. The number of nitrogens with zero attached hydrogens (tertiary/aromatic N) is 2. The third-order valence-electron chi connectivity index (χ3n) is 5.17. The number of hydrogen-bond acceptors (Lipinski definition) is 4. The molecule has 2 N–H and O–H groups in total. The van der Waals surface area contributed by atoms with E-state index in [0.717, 1.165) is 40.8 Å². The Balaban J connectivity index is 1.92. The third kappa shape index (κ3) is 3.44. The van der Waals surface area contributed by atoms with Gasteiger partial charge in [-0.3, -0.25) is 9.48 Å². The van der Waals surface area contributed by atoms with E-state index in [9.17, 15) is 4.79 Å². The molecule has 7 nitrogen and oxygen atoms in total. The molecule has 1 atom stereocenters. The van der Waals surface area contributed by atoms with Gasteiger partial charge in [-0.1, -0.05) is 6.92 Å². The monoisotopic (exact) mass is 384 g/mol. The van der Waals surface area contributed by atoms with Crippen molar-refractivity contribution >= 4 is 16.8 Å². The molecular weight excluding hydrogens is 356 g/mol. The van der Waals surface area contributed by atoms with Gasteiger partial charge in [-0.2, -0.15) is 5.10 Å². The standard InChI is InChI=1S/C21H28N4O3/c1-7-16(20-12(3)24-25(8-2)13(20)4)23-21(26)18-11-15-17(22-18)9-14(27-5)10-19(15)28-6/h9-11,16,22H,7-8H2,1-6H3,(H,23,26). The summed E-state index contributed by atoms with van der Waals surface area (Å²) in [6.07, 6.45) is 0.778. The van der Waals surface area contributed by atoms with Crippen LogP contribution in [0.25, 0.3) is 10.9 Å². The number of aryl methyl sites for hydroxylation is 2. The van der Waals surface area contributed by atoms with Crippen LogP contribution >= 0.6 is 0 Å². The van der Waals surface area contributed by atoms with Crippen LogP contribution in [0.3, 0.4) is 0 Å². The molecule has 0 radical (unpaired) electrons. The van der Waals surface area contributed by atoms with Crippen LogP contribution in [0.4, 0.5) is 0 Å². The van der Waals surface area contributed by atoms with Gasteiger partial charge in [0.05, 0.1) is 31.5 Å². The molecule has 3 rings (SSSR count). The van der Waals surface area contributed by atoms with E-state index in [1.165, 1.54) is 0 Å². The van der Waals surface area contributed by atoms with Gasteiger partial charge in [0.15, 0.2) is 0 Å². The average molecular weight is 384 g/mol. The predicted molar refractivity (Wildman–Crippen MR) is 109 cm³/mol. The zero-order valence-electron chi connectivity index (χ0n) is 17.3. The summed E-state index contributed by atoms with van der Waals surface area (Å²) in [4.78, 5) is 16.1. The first-order chi connectivity index (χ1) is 13.4. The Morgan fingerprint density at radius 2 is 1.96 bits per heavy atom. The SMILES string of the molecule is CCC(NC(=O)c1cc2c(OC)cc(OC)cc2[nH]1)c1c(C)nn(CC)c1C. The van der Waals surface area contributed by atoms with E-state index >= 15 is 0 Å². The molecule has 1 unspecified atom stereocenters. The summed E-state index contributed by atoms with van der Waals surface area (Å²) < 4.78 is 12.7. The zero-order chi connectivity index (χ0) is 20.4. The van der Waals surface area contributed by atoms with Gasteiger partial charge in [0, 0.05) is 35.3 Å². The molecular formula is C21H28N4O3. The topological polar surface area (TPSA) is 81.2 Å². The van der Waals surface area contributed by atoms with Gasteiger partial charge in [0.1, 0.15) is 17.2 Å². The van der Waals surface area contributed by atoms with Crippen LogP contribution in [0.15, 0.2) is 18.2 Å². The van der Waals surface area contributed by atoms with Crippen molar-refractivity contribution in [2.75, 3.05) is 14.2 Å². The van der Waals surface area contributed by atoms with E-state index < -0.39 is 0 Å². The molecule has 1 aromatic carbocycles. The number of rotatable bonds is 7. The normalized spacial score (nSPS) is 12.2. The number of H-pyrrole nitrogens is 1. The molecule has 1 amide bonds. The summed E-state index contributed by atoms with van der Waals surface area (Å²) >= 11 is 0. The lowest BCUT2D eigenvalue weighted by atomic mass is 10.0. The summed E-state index contributed by atoms with van der Waals surface area (Å²) in [6, 6.07) is 5.37. The van der Waals surface area contributed by atoms with Crippen LogP contribution in [0.1, 0.15) is 53.7 Å². The number of aromatic nitrogens is 3. The molecule has 0 fully saturated rings. The fourth-order valence-electron chi connectivity index (χ4n) is 3.73. The molecule has 0 saturated carbocycles. The highest BCUT2D eigenvalue weighted by Crippen LogP contribution is 2.32. The largest absolute Gasteiger partial charge is 0.497 e. The average Bonchev–Trinajstić information content (AvgIpc) is 3.25. The number of carbonyl (C=O) groups excluding carboxylic acids is 1. The van der Waals surface area contributed by atoms with Crippen molar-refractivity contribution in [1.29, 1.82) is 0 Å². The Hall–Kier alpha value is -2.96. The number of ether oxygens (including phenoxy) is 2. The van der Waals surface area contributed by atoms with Crippen molar-refractivity contribution in [1.82, 2.24) is 20.1 Å². The van der Waals surface area contributed by atoms with Gasteiger partial charge in [0.25, 0.3) is 5.91 Å². The number of carbonyl (C=O) groups is 1. The van der Waals surface area contributed by atoms with Crippen LogP contribution in [0, 0.1) is 13.8 Å². The lowest BCUT2D eigenvalue weighted by molar-refractivity contribution is 0.0931. The number of fused-ring (bicyclic) bond motifs is 1. The maximum atomic E-state index is 13.0. The van der Waals surface area contributed by atoms with Crippen LogP contribution in [0.2, 0.25) is 0 Å². The molecule has 0 aliphatic rings. The van der Waals surface area contributed by atoms with E-state index in [1.807, 2.05) is 30.7 Å². The van der Waals surface area contributed by atoms with E-state index in [0.29, 0.717) is 17.2 Å². The highest BCUT2D eigenvalue weighted by Gasteiger charge is 2.23. The summed E-state index contributed by atoms with van der Waals surface area (Å²) in [5.41, 5.74) is 4.41. The van der Waals surface area contributed by atoms with Gasteiger partial charge in [0.2, 0.25) is 0 Å². The maximum Gasteiger partial charge on any atom is 0.268 e. The fourth-order valence-corrected chi connectivity index (χ4v) is 3.73. The van der Waals surface area contributed by atoms with Gasteiger partial charge < -0.3 is 19.8 Å². The lowest BCUT2D eigenvalue weighted by Crippen LogP contribution is -2.29. The molecule has 0 bridgehead atoms. The zero-order valence-corrected chi connectivity index (χ0v) is 17.3. The minimum atomic E-state index is -0.160. The van der Waals surface area contributed by atoms with Gasteiger partial charge in [-0.05, 0) is 33.3 Å². The Morgan fingerprint density at radius 3 is 2.54 bits per heavy atom. The second-order valence-electron chi connectivity index (χ2n) is 6.81. The second kappa shape index (κ2) is 7.96. The Morgan fingerprint density at radius 1 is 1.21 bits per heavy atom. The van der Waals surface area contributed by atoms with Crippen molar-refractivity contribution in [2.24, 2.45) is 0 Å². The Labute approximate surface area is 165 Å². The Kier molecular flexibility index (Phi) is 5.63. The lowest BCUT2D eigenvalue weighted by Gasteiger charge is -2.17. The van der Waals surface area contributed by atoms with Crippen molar-refractivity contribution in [3.05, 3.63) is 40.8 Å². The van der Waals surface area contributed by atoms with Crippen LogP contribution in [0.5, 0.6) is 11.5 Å². The highest BCUT2D eigenvalue weighted by molar-refractivity contribution is 6.00. The van der Waals surface area contributed by atoms with Gasteiger partial charge in [-0.15, -0.1) is 0 Å². The van der Waals surface area contributed by atoms with Gasteiger partial charge >= 0.3 is 0 Å². The summed E-state index contributed by atoms with van der Waals surface area (Å²) in [6.45, 7) is 8.97. The molecule has 2 heterocycles. The van der Waals surface area contributed by atoms with E-state index in [4.69, 9.17) is 9.47 Å². The van der Waals surface area contributed by atoms with Crippen LogP contribution in [-0.2, 0) is 6.54 Å². The number of hydrogen-bond donors (Lipinski definition) is 2. The van der Waals surface area contributed by atoms with Gasteiger partial charge in [-0.25, -0.2) is 0 Å². The van der Waals surface area contributed by atoms with Crippen molar-refractivity contribution in [3.63, 3.8) is 0 Å². The predicted octanol–water partition coefficient (Wildman–Crippen LogP) is 3.90. The smallest absolute Gasteiger partial charge is 0.268 e. The van der Waals surface area contributed by atoms with E-state index in [1.54, 1.807) is 20.3 Å². The molecule has 150 valence electrons. The molecule has 28 heavy (non-hydrogen) atoms. The fraction of sp³-hybridized carbons (Fsp3) is 0.429. The Bertz CT molecular complexity index is 1000. The second-order valence-corrected chi connectivity index (χ2v) is 6.81. The molecule has 7 heteroatoms. The number of methoxy groups -OCH3 is 2. The third-order valence-corrected chi connectivity index (χ3v) is 5.17. The molecule has 0 aliphatic heterocycles.